The Labute approximate surface area is 131 Å². The molecule has 8 heteroatoms. The maximum atomic E-state index is 13.2. The monoisotopic (exact) mass is 348 g/mol. The summed E-state index contributed by atoms with van der Waals surface area (Å²) in [6, 6.07) is 0. The van der Waals surface area contributed by atoms with Crippen LogP contribution in [0.3, 0.4) is 0 Å². The first-order valence-corrected chi connectivity index (χ1v) is 7.38. The van der Waals surface area contributed by atoms with Gasteiger partial charge in [-0.05, 0) is 25.7 Å². The highest BCUT2D eigenvalue weighted by atomic mass is 19.4. The van der Waals surface area contributed by atoms with Crippen molar-refractivity contribution < 1.29 is 36.2 Å². The van der Waals surface area contributed by atoms with E-state index in [-0.39, 0.29) is 6.08 Å². The molecule has 0 radical (unpaired) electrons. The van der Waals surface area contributed by atoms with Crippen LogP contribution in [0.25, 0.3) is 0 Å². The molecule has 1 N–H and O–H groups in total. The zero-order valence-corrected chi connectivity index (χ0v) is 13.5. The summed E-state index contributed by atoms with van der Waals surface area (Å²) in [6.45, 7) is 4.58. The van der Waals surface area contributed by atoms with Crippen LogP contribution in [-0.2, 0) is 4.79 Å². The number of hydrogen-bond donors (Lipinski definition) is 1. The molecule has 0 aromatic heterocycles. The van der Waals surface area contributed by atoms with Crippen molar-refractivity contribution in [1.82, 2.24) is 0 Å². The van der Waals surface area contributed by atoms with Crippen LogP contribution in [0.15, 0.2) is 11.8 Å². The lowest BCUT2D eigenvalue weighted by atomic mass is 9.74. The van der Waals surface area contributed by atoms with E-state index in [9.17, 15) is 36.2 Å². The molecule has 0 bridgehead atoms. The fourth-order valence-electron chi connectivity index (χ4n) is 2.70. The van der Waals surface area contributed by atoms with Gasteiger partial charge in [-0.2, -0.15) is 26.3 Å². The molecule has 0 heterocycles. The van der Waals surface area contributed by atoms with Crippen LogP contribution in [-0.4, -0.2) is 23.2 Å². The first-order chi connectivity index (χ1) is 10.3. The van der Waals surface area contributed by atoms with Crippen molar-refractivity contribution in [1.29, 1.82) is 0 Å². The highest BCUT2D eigenvalue weighted by Gasteiger charge is 2.59. The Balaban J connectivity index is 6.08. The van der Waals surface area contributed by atoms with Gasteiger partial charge in [0.1, 0.15) is 16.6 Å². The van der Waals surface area contributed by atoms with Crippen LogP contribution in [0.2, 0.25) is 0 Å². The number of rotatable bonds is 7. The number of halogens is 6. The molecule has 0 saturated carbocycles. The van der Waals surface area contributed by atoms with Crippen LogP contribution in [0, 0.1) is 10.8 Å². The van der Waals surface area contributed by atoms with Gasteiger partial charge < -0.3 is 5.11 Å². The van der Waals surface area contributed by atoms with Crippen LogP contribution < -0.4 is 0 Å². The van der Waals surface area contributed by atoms with E-state index in [0.717, 1.165) is 27.7 Å². The molecule has 0 aliphatic carbocycles. The Bertz CT molecular complexity index is 440. The Morgan fingerprint density at radius 2 is 1.09 bits per heavy atom. The van der Waals surface area contributed by atoms with E-state index >= 15 is 0 Å². The van der Waals surface area contributed by atoms with Gasteiger partial charge in [0, 0.05) is 6.08 Å². The number of allylic oxidation sites excluding steroid dienone is 2. The zero-order valence-electron chi connectivity index (χ0n) is 13.5. The molecular weight excluding hydrogens is 326 g/mol. The number of carbonyl (C=O) groups is 1. The summed E-state index contributed by atoms with van der Waals surface area (Å²) in [5.74, 6) is -2.92. The van der Waals surface area contributed by atoms with Crippen molar-refractivity contribution in [2.75, 3.05) is 0 Å². The maximum Gasteiger partial charge on any atom is 0.401 e. The second-order valence-corrected chi connectivity index (χ2v) is 5.47. The summed E-state index contributed by atoms with van der Waals surface area (Å²) in [5, 5.41) is 9.84. The number of alkyl halides is 6. The Morgan fingerprint density at radius 1 is 0.783 bits per heavy atom. The third-order valence-electron chi connectivity index (χ3n) is 4.73. The normalized spacial score (nSPS) is 15.0. The fourth-order valence-corrected chi connectivity index (χ4v) is 2.70. The van der Waals surface area contributed by atoms with Gasteiger partial charge in [0.15, 0.2) is 5.78 Å². The van der Waals surface area contributed by atoms with Gasteiger partial charge in [-0.25, -0.2) is 0 Å². The van der Waals surface area contributed by atoms with Gasteiger partial charge in [0.25, 0.3) is 0 Å². The molecule has 23 heavy (non-hydrogen) atoms. The fraction of sp³-hybridized carbons (Fsp3) is 0.800. The Hall–Kier alpha value is -1.21. The van der Waals surface area contributed by atoms with E-state index in [1.807, 2.05) is 0 Å². The lowest BCUT2D eigenvalue weighted by Crippen LogP contribution is -2.44. The highest BCUT2D eigenvalue weighted by molar-refractivity contribution is 5.96. The van der Waals surface area contributed by atoms with Crippen LogP contribution in [0.5, 0.6) is 0 Å². The van der Waals surface area contributed by atoms with E-state index in [2.05, 4.69) is 0 Å². The first-order valence-electron chi connectivity index (χ1n) is 7.38. The van der Waals surface area contributed by atoms with Gasteiger partial charge in [0.2, 0.25) is 0 Å². The quantitative estimate of drug-likeness (QED) is 0.362. The number of hydrogen-bond acceptors (Lipinski definition) is 2. The van der Waals surface area contributed by atoms with Crippen molar-refractivity contribution >= 4 is 5.78 Å². The predicted molar refractivity (Wildman–Crippen MR) is 73.9 cm³/mol. The molecule has 0 aliphatic rings. The minimum atomic E-state index is -4.91. The average molecular weight is 348 g/mol. The second kappa shape index (κ2) is 7.13. The lowest BCUT2D eigenvalue weighted by molar-refractivity contribution is -0.223. The molecule has 0 amide bonds. The molecule has 0 aliphatic heterocycles. The van der Waals surface area contributed by atoms with Crippen molar-refractivity contribution in [2.45, 2.75) is 65.7 Å². The van der Waals surface area contributed by atoms with E-state index in [1.54, 1.807) is 0 Å². The first kappa shape index (κ1) is 21.8. The van der Waals surface area contributed by atoms with E-state index in [0.29, 0.717) is 0 Å². The van der Waals surface area contributed by atoms with Crippen LogP contribution in [0.4, 0.5) is 26.3 Å². The van der Waals surface area contributed by atoms with Crippen molar-refractivity contribution in [2.24, 2.45) is 10.8 Å². The summed E-state index contributed by atoms with van der Waals surface area (Å²) in [6.07, 6.45) is -12.1. The molecule has 0 saturated heterocycles. The number of aliphatic hydroxyl groups excluding tert-OH is 1. The number of carbonyl (C=O) groups excluding carboxylic acids is 1. The SMILES string of the molecule is CCC(CC)(C(=O)/C=C(\O)C(CC)(CC)C(F)(F)F)C(F)(F)F. The molecule has 0 fully saturated rings. The molecule has 0 rings (SSSR count). The van der Waals surface area contributed by atoms with E-state index < -0.39 is 60.4 Å². The van der Waals surface area contributed by atoms with Gasteiger partial charge in [-0.1, -0.05) is 27.7 Å². The Kier molecular flexibility index (Phi) is 6.76. The maximum absolute atomic E-state index is 13.2. The number of ketones is 1. The zero-order chi connectivity index (χ0) is 18.7. The van der Waals surface area contributed by atoms with Gasteiger partial charge in [-0.15, -0.1) is 0 Å². The standard InChI is InChI=1S/C15H22F6O2/c1-5-12(6-2,14(16,17)18)10(22)9-11(23)13(7-3,8-4)15(19,20)21/h9,22H,5-8H2,1-4H3/b10-9-. The molecule has 0 atom stereocenters. The third kappa shape index (κ3) is 3.66. The minimum absolute atomic E-state index is 0.112. The van der Waals surface area contributed by atoms with Crippen molar-refractivity contribution in [3.05, 3.63) is 11.8 Å². The van der Waals surface area contributed by atoms with Crippen LogP contribution in [0.1, 0.15) is 53.4 Å². The second-order valence-electron chi connectivity index (χ2n) is 5.47. The topological polar surface area (TPSA) is 37.3 Å². The van der Waals surface area contributed by atoms with Crippen molar-refractivity contribution in [3.63, 3.8) is 0 Å². The lowest BCUT2D eigenvalue weighted by Gasteiger charge is -2.35. The minimum Gasteiger partial charge on any atom is -0.511 e. The molecule has 0 spiro atoms. The van der Waals surface area contributed by atoms with Crippen LogP contribution >= 0.6 is 0 Å². The Morgan fingerprint density at radius 3 is 1.30 bits per heavy atom. The molecule has 2 nitrogen and oxygen atoms in total. The highest BCUT2D eigenvalue weighted by Crippen LogP contribution is 2.50. The smallest absolute Gasteiger partial charge is 0.401 e. The largest absolute Gasteiger partial charge is 0.511 e. The van der Waals surface area contributed by atoms with Crippen molar-refractivity contribution in [3.8, 4) is 0 Å². The van der Waals surface area contributed by atoms with E-state index in [4.69, 9.17) is 0 Å². The van der Waals surface area contributed by atoms with E-state index in [1.165, 1.54) is 0 Å². The molecule has 0 aromatic carbocycles. The average Bonchev–Trinajstić information content (AvgIpc) is 2.39. The molecule has 0 aromatic rings. The summed E-state index contributed by atoms with van der Waals surface area (Å²) < 4.78 is 79.4. The summed E-state index contributed by atoms with van der Waals surface area (Å²) in [4.78, 5) is 12.1. The summed E-state index contributed by atoms with van der Waals surface area (Å²) >= 11 is 0. The number of aliphatic hydroxyl groups is 1. The van der Waals surface area contributed by atoms with Gasteiger partial charge in [0.05, 0.1) is 0 Å². The van der Waals surface area contributed by atoms with Gasteiger partial charge in [-0.3, -0.25) is 4.79 Å². The summed E-state index contributed by atoms with van der Waals surface area (Å²) in [7, 11) is 0. The summed E-state index contributed by atoms with van der Waals surface area (Å²) in [5.41, 5.74) is -5.51. The predicted octanol–water partition coefficient (Wildman–Crippen LogP) is 5.73. The molecule has 0 unspecified atom stereocenters. The molecule has 136 valence electrons. The van der Waals surface area contributed by atoms with Gasteiger partial charge >= 0.3 is 12.4 Å². The molecular formula is C15H22F6O2. The third-order valence-corrected chi connectivity index (χ3v) is 4.73.